The van der Waals surface area contributed by atoms with E-state index in [2.05, 4.69) is 143 Å². The standard InChI is InChI=1S/C43H44F2N2P2/c1-28-16-20-40-36(22-28)46-37-23-29(2)17-21-41(37)49(7,35-13-9-11-33(45)27-35)43-25-31(4)15-19-39(43)47(5)38-18-14-30(3)24-42(38)48(40,6)34-12-8-10-32(44)26-34/h8-27,46,48-49H,1-7H3. The summed E-state index contributed by atoms with van der Waals surface area (Å²) in [5.74, 6) is -0.472. The van der Waals surface area contributed by atoms with Gasteiger partial charge in [-0.15, -0.1) is 0 Å². The van der Waals surface area contributed by atoms with Crippen LogP contribution in [-0.4, -0.2) is 20.4 Å². The molecule has 49 heavy (non-hydrogen) atoms. The van der Waals surface area contributed by atoms with E-state index in [0.29, 0.717) is 0 Å². The maximum atomic E-state index is 15.2. The van der Waals surface area contributed by atoms with Gasteiger partial charge < -0.3 is 0 Å². The van der Waals surface area contributed by atoms with Gasteiger partial charge in [0, 0.05) is 0 Å². The predicted molar refractivity (Wildman–Crippen MR) is 215 cm³/mol. The van der Waals surface area contributed by atoms with Gasteiger partial charge in [0.1, 0.15) is 0 Å². The normalized spacial score (nSPS) is 16.0. The summed E-state index contributed by atoms with van der Waals surface area (Å²) in [6.45, 7) is 13.2. The molecule has 1 aliphatic heterocycles. The van der Waals surface area contributed by atoms with E-state index in [0.717, 1.165) is 55.6 Å². The van der Waals surface area contributed by atoms with Crippen LogP contribution in [0.4, 0.5) is 31.5 Å². The number of fused-ring (bicyclic) bond motifs is 4. The molecule has 1 heterocycles. The van der Waals surface area contributed by atoms with Crippen molar-refractivity contribution in [2.24, 2.45) is 0 Å². The summed E-state index contributed by atoms with van der Waals surface area (Å²) in [7, 11) is -3.68. The molecule has 0 fully saturated rings. The van der Waals surface area contributed by atoms with Gasteiger partial charge in [-0.05, 0) is 0 Å². The van der Waals surface area contributed by atoms with Gasteiger partial charge in [0.2, 0.25) is 0 Å². The van der Waals surface area contributed by atoms with Crippen LogP contribution < -0.4 is 42.0 Å². The molecule has 2 nitrogen and oxygen atoms in total. The molecule has 6 aromatic rings. The third kappa shape index (κ3) is 5.66. The van der Waals surface area contributed by atoms with Gasteiger partial charge in [-0.3, -0.25) is 0 Å². The second kappa shape index (κ2) is 12.5. The Morgan fingerprint density at radius 3 is 1.27 bits per heavy atom. The van der Waals surface area contributed by atoms with E-state index >= 15 is 8.78 Å². The molecule has 0 aliphatic carbocycles. The molecule has 0 amide bonds. The van der Waals surface area contributed by atoms with Crippen molar-refractivity contribution < 1.29 is 8.78 Å². The summed E-state index contributed by atoms with van der Waals surface area (Å²) < 4.78 is 30.5. The number of nitrogens with zero attached hydrogens (tertiary/aromatic N) is 1. The van der Waals surface area contributed by atoms with E-state index in [-0.39, 0.29) is 11.6 Å². The summed E-state index contributed by atoms with van der Waals surface area (Å²) in [5, 5.41) is 10.8. The van der Waals surface area contributed by atoms with Crippen LogP contribution in [-0.2, 0) is 0 Å². The van der Waals surface area contributed by atoms with Crippen LogP contribution in [0.2, 0.25) is 0 Å². The number of rotatable bonds is 2. The van der Waals surface area contributed by atoms with Crippen molar-refractivity contribution in [1.82, 2.24) is 0 Å². The topological polar surface area (TPSA) is 15.3 Å². The molecule has 7 rings (SSSR count). The Labute approximate surface area is 290 Å². The molecule has 0 radical (unpaired) electrons. The van der Waals surface area contributed by atoms with Crippen molar-refractivity contribution in [3.8, 4) is 0 Å². The molecule has 6 aromatic carbocycles. The fourth-order valence-corrected chi connectivity index (χ4v) is 16.1. The Kier molecular flexibility index (Phi) is 8.46. The summed E-state index contributed by atoms with van der Waals surface area (Å²) in [6.07, 6.45) is 0. The average molecular weight is 689 g/mol. The number of aryl methyl sites for hydroxylation is 4. The van der Waals surface area contributed by atoms with Crippen LogP contribution in [0, 0.1) is 39.3 Å². The molecule has 0 atom stereocenters. The van der Waals surface area contributed by atoms with Crippen LogP contribution in [0.15, 0.2) is 121 Å². The third-order valence-electron chi connectivity index (χ3n) is 10.6. The third-order valence-corrected chi connectivity index (χ3v) is 19.5. The maximum absolute atomic E-state index is 15.2. The number of benzene rings is 6. The molecular weight excluding hydrogens is 644 g/mol. The Bertz CT molecular complexity index is 2090. The molecule has 250 valence electrons. The number of hydrogen-bond donors (Lipinski definition) is 1. The first-order chi connectivity index (χ1) is 23.4. The monoisotopic (exact) mass is 688 g/mol. The molecule has 0 unspecified atom stereocenters. The van der Waals surface area contributed by atoms with Crippen molar-refractivity contribution in [3.05, 3.63) is 155 Å². The quantitative estimate of drug-likeness (QED) is 0.184. The zero-order valence-electron chi connectivity index (χ0n) is 29.3. The molecule has 0 aromatic heterocycles. The minimum atomic E-state index is -2.91. The molecule has 0 saturated carbocycles. The second-order valence-corrected chi connectivity index (χ2v) is 21.9. The summed E-state index contributed by atoms with van der Waals surface area (Å²) in [5.41, 5.74) is 8.77. The van der Waals surface area contributed by atoms with E-state index in [4.69, 9.17) is 0 Å². The minimum absolute atomic E-state index is 0.236. The first kappa shape index (κ1) is 33.2. The van der Waals surface area contributed by atoms with E-state index in [1.807, 2.05) is 12.1 Å². The molecule has 1 N–H and O–H groups in total. The van der Waals surface area contributed by atoms with Crippen LogP contribution in [0.25, 0.3) is 0 Å². The van der Waals surface area contributed by atoms with Gasteiger partial charge >= 0.3 is 291 Å². The summed E-state index contributed by atoms with van der Waals surface area (Å²) >= 11 is 0. The van der Waals surface area contributed by atoms with Crippen molar-refractivity contribution in [2.45, 2.75) is 27.7 Å². The second-order valence-electron chi connectivity index (χ2n) is 14.1. The van der Waals surface area contributed by atoms with Crippen LogP contribution in [0.3, 0.4) is 0 Å². The van der Waals surface area contributed by atoms with Gasteiger partial charge in [-0.25, -0.2) is 0 Å². The first-order valence-electron chi connectivity index (χ1n) is 16.9. The molecule has 0 spiro atoms. The molecule has 1 aliphatic rings. The van der Waals surface area contributed by atoms with Crippen molar-refractivity contribution >= 4 is 69.1 Å². The van der Waals surface area contributed by atoms with Gasteiger partial charge in [0.15, 0.2) is 0 Å². The van der Waals surface area contributed by atoms with Crippen LogP contribution in [0.5, 0.6) is 0 Å². The Morgan fingerprint density at radius 2 is 0.857 bits per heavy atom. The zero-order valence-corrected chi connectivity index (χ0v) is 31.3. The van der Waals surface area contributed by atoms with Gasteiger partial charge in [-0.1, -0.05) is 0 Å². The van der Waals surface area contributed by atoms with Crippen molar-refractivity contribution in [3.63, 3.8) is 0 Å². The zero-order chi connectivity index (χ0) is 34.7. The van der Waals surface area contributed by atoms with E-state index < -0.39 is 14.5 Å². The Balaban J connectivity index is 1.68. The van der Waals surface area contributed by atoms with E-state index in [1.54, 1.807) is 12.1 Å². The Hall–Kier alpha value is -4.36. The SMILES string of the molecule is Cc1ccc2c(c1)Nc1cc(C)ccc1[PH](C)(c1cccc(F)c1)c1cc(C)ccc1N(C)c1ccc(C)cc1[PH]2(C)c1cccc(F)c1. The molecule has 0 bridgehead atoms. The molecule has 0 saturated heterocycles. The van der Waals surface area contributed by atoms with Crippen LogP contribution in [0.1, 0.15) is 22.3 Å². The van der Waals surface area contributed by atoms with Crippen LogP contribution >= 0.6 is 14.5 Å². The number of anilines is 4. The number of nitrogens with one attached hydrogen (secondary N) is 1. The van der Waals surface area contributed by atoms with Crippen molar-refractivity contribution in [2.75, 3.05) is 30.6 Å². The fraction of sp³-hybridized carbons (Fsp3) is 0.163. The fourth-order valence-electron chi connectivity index (χ4n) is 7.87. The van der Waals surface area contributed by atoms with Gasteiger partial charge in [0.05, 0.1) is 0 Å². The molecular formula is C43H44F2N2P2. The summed E-state index contributed by atoms with van der Waals surface area (Å²) in [4.78, 5) is 2.33. The van der Waals surface area contributed by atoms with E-state index in [1.165, 1.54) is 33.4 Å². The number of halogens is 2. The molecule has 6 heteroatoms. The Morgan fingerprint density at radius 1 is 0.469 bits per heavy atom. The van der Waals surface area contributed by atoms with Crippen molar-refractivity contribution in [1.29, 1.82) is 0 Å². The predicted octanol–water partition coefficient (Wildman–Crippen LogP) is 8.34. The van der Waals surface area contributed by atoms with Gasteiger partial charge in [-0.2, -0.15) is 0 Å². The number of hydrogen-bond acceptors (Lipinski definition) is 2. The first-order valence-corrected chi connectivity index (χ1v) is 21.9. The van der Waals surface area contributed by atoms with Gasteiger partial charge in [0.25, 0.3) is 0 Å². The van der Waals surface area contributed by atoms with E-state index in [9.17, 15) is 0 Å². The average Bonchev–Trinajstić information content (AvgIpc) is 3.07. The summed E-state index contributed by atoms with van der Waals surface area (Å²) in [6, 6.07) is 41.2.